The molecule has 4 nitrogen and oxygen atoms in total. The minimum Gasteiger partial charge on any atom is -0.425 e. The first-order valence-electron chi connectivity index (χ1n) is 7.01. The van der Waals surface area contributed by atoms with E-state index in [9.17, 15) is 40.3 Å². The summed E-state index contributed by atoms with van der Waals surface area (Å²) in [6.45, 7) is 1.04. The van der Waals surface area contributed by atoms with Gasteiger partial charge in [0.05, 0.1) is 16.7 Å². The maximum absolute atomic E-state index is 13.6. The highest BCUT2D eigenvalue weighted by atomic mass is 19.4. The maximum Gasteiger partial charge on any atom is 0.416 e. The van der Waals surface area contributed by atoms with Crippen LogP contribution in [0.3, 0.4) is 0 Å². The molecule has 0 heterocycles. The van der Waals surface area contributed by atoms with E-state index in [2.05, 4.69) is 9.47 Å². The molecule has 1 rings (SSSR count). The first-order chi connectivity index (χ1) is 11.7. The van der Waals surface area contributed by atoms with E-state index in [1.807, 2.05) is 0 Å². The number of carbonyl (C=O) groups is 2. The first kappa shape index (κ1) is 21.7. The molecule has 0 aliphatic rings. The van der Waals surface area contributed by atoms with Gasteiger partial charge >= 0.3 is 24.3 Å². The number of halogens is 7. The molecule has 0 aliphatic heterocycles. The third-order valence-corrected chi connectivity index (χ3v) is 3.29. The van der Waals surface area contributed by atoms with E-state index in [0.717, 1.165) is 6.92 Å². The number of esters is 2. The van der Waals surface area contributed by atoms with E-state index in [1.54, 1.807) is 0 Å². The predicted octanol–water partition coefficient (Wildman–Crippen LogP) is 4.52. The van der Waals surface area contributed by atoms with Crippen LogP contribution in [0.15, 0.2) is 18.2 Å². The van der Waals surface area contributed by atoms with Gasteiger partial charge in [-0.1, -0.05) is 6.92 Å². The average Bonchev–Trinajstić information content (AvgIpc) is 2.52. The van der Waals surface area contributed by atoms with Gasteiger partial charge in [0.2, 0.25) is 12.5 Å². The van der Waals surface area contributed by atoms with Crippen LogP contribution < -0.4 is 0 Å². The lowest BCUT2D eigenvalue weighted by atomic mass is 10.0. The van der Waals surface area contributed by atoms with Crippen LogP contribution in [0.5, 0.6) is 0 Å². The van der Waals surface area contributed by atoms with Crippen molar-refractivity contribution in [2.24, 2.45) is 0 Å². The standard InChI is InChI=1S/C15H13F7O4/c1-3-13(2,16)12(24)26-7-25-11(23)8-4-9(14(17,18)19)6-10(5-8)15(20,21)22/h4-6H,3,7H2,1-2H3. The Morgan fingerprint density at radius 1 is 0.885 bits per heavy atom. The van der Waals surface area contributed by atoms with E-state index in [4.69, 9.17) is 0 Å². The lowest BCUT2D eigenvalue weighted by Gasteiger charge is -2.16. The fourth-order valence-corrected chi connectivity index (χ4v) is 1.59. The van der Waals surface area contributed by atoms with Crippen molar-refractivity contribution in [3.8, 4) is 0 Å². The van der Waals surface area contributed by atoms with E-state index in [0.29, 0.717) is 0 Å². The third-order valence-electron chi connectivity index (χ3n) is 3.29. The molecule has 1 aromatic carbocycles. The van der Waals surface area contributed by atoms with Gasteiger partial charge in [-0.15, -0.1) is 0 Å². The Labute approximate surface area is 142 Å². The molecule has 146 valence electrons. The molecule has 0 radical (unpaired) electrons. The van der Waals surface area contributed by atoms with Crippen LogP contribution in [0.2, 0.25) is 0 Å². The molecule has 0 aromatic heterocycles. The van der Waals surface area contributed by atoms with Crippen molar-refractivity contribution in [3.63, 3.8) is 0 Å². The Morgan fingerprint density at radius 2 is 1.35 bits per heavy atom. The lowest BCUT2D eigenvalue weighted by Crippen LogP contribution is -2.32. The van der Waals surface area contributed by atoms with E-state index in [1.165, 1.54) is 6.92 Å². The number of benzene rings is 1. The summed E-state index contributed by atoms with van der Waals surface area (Å²) in [5.74, 6) is -3.00. The van der Waals surface area contributed by atoms with Crippen LogP contribution in [0.4, 0.5) is 30.7 Å². The van der Waals surface area contributed by atoms with Crippen LogP contribution in [0.25, 0.3) is 0 Å². The molecule has 0 saturated carbocycles. The van der Waals surface area contributed by atoms with Gasteiger partial charge in [-0.25, -0.2) is 14.0 Å². The van der Waals surface area contributed by atoms with Crippen molar-refractivity contribution in [2.45, 2.75) is 38.3 Å². The van der Waals surface area contributed by atoms with Gasteiger partial charge in [-0.3, -0.25) is 0 Å². The van der Waals surface area contributed by atoms with Gasteiger partial charge in [0.25, 0.3) is 0 Å². The van der Waals surface area contributed by atoms with Gasteiger partial charge < -0.3 is 9.47 Å². The van der Waals surface area contributed by atoms with Crippen molar-refractivity contribution in [1.82, 2.24) is 0 Å². The molecule has 26 heavy (non-hydrogen) atoms. The molecular weight excluding hydrogens is 377 g/mol. The van der Waals surface area contributed by atoms with Crippen molar-refractivity contribution in [3.05, 3.63) is 34.9 Å². The van der Waals surface area contributed by atoms with Crippen molar-refractivity contribution < 1.29 is 49.8 Å². The quantitative estimate of drug-likeness (QED) is 0.422. The van der Waals surface area contributed by atoms with Gasteiger partial charge in [-0.05, 0) is 31.5 Å². The minimum absolute atomic E-state index is 0.157. The van der Waals surface area contributed by atoms with Crippen LogP contribution in [0, 0.1) is 0 Å². The predicted molar refractivity (Wildman–Crippen MR) is 72.6 cm³/mol. The fourth-order valence-electron chi connectivity index (χ4n) is 1.59. The fraction of sp³-hybridized carbons (Fsp3) is 0.467. The Kier molecular flexibility index (Phi) is 6.26. The van der Waals surface area contributed by atoms with Crippen LogP contribution in [-0.2, 0) is 26.6 Å². The molecule has 0 N–H and O–H groups in total. The largest absolute Gasteiger partial charge is 0.425 e. The Hall–Kier alpha value is -2.33. The topological polar surface area (TPSA) is 52.6 Å². The SMILES string of the molecule is CCC(C)(F)C(=O)OCOC(=O)c1cc(C(F)(F)F)cc(C(F)(F)F)c1. The van der Waals surface area contributed by atoms with Gasteiger partial charge in [-0.2, -0.15) is 26.3 Å². The second kappa shape index (κ2) is 7.50. The van der Waals surface area contributed by atoms with Crippen LogP contribution >= 0.6 is 0 Å². The maximum atomic E-state index is 13.6. The number of alkyl halides is 7. The Bertz CT molecular complexity index is 645. The van der Waals surface area contributed by atoms with Gasteiger partial charge in [0.15, 0.2) is 0 Å². The molecule has 1 unspecified atom stereocenters. The summed E-state index contributed by atoms with van der Waals surface area (Å²) in [5.41, 5.74) is -6.86. The number of hydrogen-bond donors (Lipinski definition) is 0. The summed E-state index contributed by atoms with van der Waals surface area (Å²) in [6.07, 6.45) is -10.5. The highest BCUT2D eigenvalue weighted by Gasteiger charge is 2.38. The Morgan fingerprint density at radius 3 is 1.73 bits per heavy atom. The highest BCUT2D eigenvalue weighted by molar-refractivity contribution is 5.90. The van der Waals surface area contributed by atoms with E-state index >= 15 is 0 Å². The summed E-state index contributed by atoms with van der Waals surface area (Å²) in [4.78, 5) is 23.0. The normalized spacial score (nSPS) is 14.5. The summed E-state index contributed by atoms with van der Waals surface area (Å²) in [5, 5.41) is 0. The summed E-state index contributed by atoms with van der Waals surface area (Å²) < 4.78 is 98.3. The molecule has 0 fully saturated rings. The summed E-state index contributed by atoms with van der Waals surface area (Å²) >= 11 is 0. The number of rotatable bonds is 5. The van der Waals surface area contributed by atoms with Crippen molar-refractivity contribution in [2.75, 3.05) is 6.79 Å². The van der Waals surface area contributed by atoms with Crippen molar-refractivity contribution in [1.29, 1.82) is 0 Å². The molecule has 1 atom stereocenters. The molecule has 1 aromatic rings. The molecule has 0 bridgehead atoms. The van der Waals surface area contributed by atoms with Crippen LogP contribution in [0.1, 0.15) is 41.8 Å². The smallest absolute Gasteiger partial charge is 0.416 e. The van der Waals surface area contributed by atoms with Gasteiger partial charge in [0.1, 0.15) is 0 Å². The number of carbonyl (C=O) groups excluding carboxylic acids is 2. The third kappa shape index (κ3) is 5.60. The molecule has 11 heteroatoms. The Balaban J connectivity index is 2.97. The monoisotopic (exact) mass is 390 g/mol. The van der Waals surface area contributed by atoms with E-state index < -0.39 is 53.4 Å². The molecule has 0 saturated heterocycles. The molecule has 0 amide bonds. The molecule has 0 spiro atoms. The second-order valence-electron chi connectivity index (χ2n) is 5.33. The van der Waals surface area contributed by atoms with Gasteiger partial charge in [0, 0.05) is 0 Å². The summed E-state index contributed by atoms with van der Waals surface area (Å²) in [6, 6.07) is 0.155. The molecular formula is C15H13F7O4. The van der Waals surface area contributed by atoms with Crippen LogP contribution in [-0.4, -0.2) is 24.4 Å². The number of hydrogen-bond acceptors (Lipinski definition) is 4. The van der Waals surface area contributed by atoms with E-state index in [-0.39, 0.29) is 24.6 Å². The first-order valence-corrected chi connectivity index (χ1v) is 7.01. The zero-order valence-electron chi connectivity index (χ0n) is 13.4. The zero-order chi connectivity index (χ0) is 20.3. The lowest BCUT2D eigenvalue weighted by molar-refractivity contribution is -0.165. The second-order valence-corrected chi connectivity index (χ2v) is 5.33. The average molecular weight is 390 g/mol. The highest BCUT2D eigenvalue weighted by Crippen LogP contribution is 2.36. The minimum atomic E-state index is -5.14. The molecule has 0 aliphatic carbocycles. The number of ether oxygens (including phenoxy) is 2. The summed E-state index contributed by atoms with van der Waals surface area (Å²) in [7, 11) is 0. The van der Waals surface area contributed by atoms with Crippen molar-refractivity contribution >= 4 is 11.9 Å². The zero-order valence-corrected chi connectivity index (χ0v) is 13.4.